The van der Waals surface area contributed by atoms with E-state index in [4.69, 9.17) is 9.15 Å². The zero-order chi connectivity index (χ0) is 10.1. The molecule has 0 spiro atoms. The van der Waals surface area contributed by atoms with Crippen LogP contribution in [0.5, 0.6) is 5.75 Å². The van der Waals surface area contributed by atoms with Gasteiger partial charge in [-0.3, -0.25) is 0 Å². The number of fused-ring (bicyclic) bond motifs is 1. The average molecular weight is 190 g/mol. The van der Waals surface area contributed by atoms with Gasteiger partial charge in [-0.25, -0.2) is 4.79 Å². The Kier molecular flexibility index (Phi) is 2.00. The van der Waals surface area contributed by atoms with Crippen LogP contribution in [-0.4, -0.2) is 7.11 Å². The molecule has 0 bridgehead atoms. The zero-order valence-electron chi connectivity index (χ0n) is 8.03. The lowest BCUT2D eigenvalue weighted by Crippen LogP contribution is -1.99. The maximum absolute atomic E-state index is 11.4. The van der Waals surface area contributed by atoms with Crippen molar-refractivity contribution in [3.8, 4) is 5.75 Å². The fraction of sp³-hybridized carbons (Fsp3) is 0.182. The third-order valence-electron chi connectivity index (χ3n) is 2.14. The van der Waals surface area contributed by atoms with E-state index in [1.54, 1.807) is 19.2 Å². The summed E-state index contributed by atoms with van der Waals surface area (Å²) in [7, 11) is 1.59. The van der Waals surface area contributed by atoms with Crippen LogP contribution in [0.2, 0.25) is 0 Å². The molecule has 1 heterocycles. The molecule has 1 aromatic carbocycles. The normalized spacial score (nSPS) is 10.4. The molecule has 0 aliphatic carbocycles. The summed E-state index contributed by atoms with van der Waals surface area (Å²) < 4.78 is 9.97. The Morgan fingerprint density at radius 1 is 1.29 bits per heavy atom. The number of aryl methyl sites for hydroxylation is 1. The van der Waals surface area contributed by atoms with Crippen LogP contribution in [0.3, 0.4) is 0 Å². The number of benzene rings is 1. The van der Waals surface area contributed by atoms with E-state index in [0.29, 0.717) is 11.1 Å². The van der Waals surface area contributed by atoms with E-state index in [-0.39, 0.29) is 5.63 Å². The summed E-state index contributed by atoms with van der Waals surface area (Å²) in [6.45, 7) is 1.91. The molecule has 0 aliphatic rings. The van der Waals surface area contributed by atoms with Crippen molar-refractivity contribution < 1.29 is 9.15 Å². The molecule has 0 unspecified atom stereocenters. The van der Waals surface area contributed by atoms with E-state index in [9.17, 15) is 4.79 Å². The molecule has 0 saturated heterocycles. The summed E-state index contributed by atoms with van der Waals surface area (Å²) in [4.78, 5) is 11.4. The van der Waals surface area contributed by atoms with E-state index in [0.717, 1.165) is 10.9 Å². The van der Waals surface area contributed by atoms with Crippen molar-refractivity contribution >= 4 is 10.8 Å². The van der Waals surface area contributed by atoms with Crippen molar-refractivity contribution in [2.45, 2.75) is 6.92 Å². The Morgan fingerprint density at radius 3 is 2.79 bits per heavy atom. The Labute approximate surface area is 80.9 Å². The van der Waals surface area contributed by atoms with Gasteiger partial charge in [0.05, 0.1) is 18.8 Å². The molecule has 2 aromatic rings. The zero-order valence-corrected chi connectivity index (χ0v) is 8.03. The Morgan fingerprint density at radius 2 is 2.07 bits per heavy atom. The number of hydrogen-bond donors (Lipinski definition) is 0. The minimum Gasteiger partial charge on any atom is -0.496 e. The summed E-state index contributed by atoms with van der Waals surface area (Å²) in [6, 6.07) is 5.42. The van der Waals surface area contributed by atoms with E-state index in [1.807, 2.05) is 13.0 Å². The lowest BCUT2D eigenvalue weighted by Gasteiger charge is -2.05. The van der Waals surface area contributed by atoms with E-state index in [2.05, 4.69) is 0 Å². The van der Waals surface area contributed by atoms with Crippen molar-refractivity contribution in [1.29, 1.82) is 0 Å². The van der Waals surface area contributed by atoms with E-state index >= 15 is 0 Å². The summed E-state index contributed by atoms with van der Waals surface area (Å²) in [5, 5.41) is 1.35. The molecule has 1 aromatic heterocycles. The highest BCUT2D eigenvalue weighted by molar-refractivity contribution is 5.87. The van der Waals surface area contributed by atoms with Gasteiger partial charge in [-0.2, -0.15) is 0 Å². The van der Waals surface area contributed by atoms with Gasteiger partial charge in [0, 0.05) is 5.39 Å². The first-order valence-electron chi connectivity index (χ1n) is 4.28. The Hall–Kier alpha value is -1.77. The molecule has 2 rings (SSSR count). The molecular weight excluding hydrogens is 180 g/mol. The summed E-state index contributed by atoms with van der Waals surface area (Å²) in [6.07, 6.45) is 1.38. The van der Waals surface area contributed by atoms with Crippen LogP contribution in [-0.2, 0) is 0 Å². The molecule has 3 nitrogen and oxygen atoms in total. The van der Waals surface area contributed by atoms with Crippen LogP contribution < -0.4 is 10.4 Å². The average Bonchev–Trinajstić information content (AvgIpc) is 2.18. The molecule has 0 atom stereocenters. The third kappa shape index (κ3) is 1.27. The SMILES string of the molecule is COc1cc(C)cc2c(=O)occc12. The topological polar surface area (TPSA) is 39.4 Å². The molecule has 14 heavy (non-hydrogen) atoms. The number of ether oxygens (including phenoxy) is 1. The second-order valence-electron chi connectivity index (χ2n) is 3.14. The van der Waals surface area contributed by atoms with Gasteiger partial charge in [0.25, 0.3) is 0 Å². The molecule has 0 aliphatic heterocycles. The van der Waals surface area contributed by atoms with Crippen molar-refractivity contribution in [3.05, 3.63) is 40.4 Å². The molecule has 0 N–H and O–H groups in total. The first-order valence-corrected chi connectivity index (χ1v) is 4.28. The predicted octanol–water partition coefficient (Wildman–Crippen LogP) is 2.11. The van der Waals surface area contributed by atoms with Crippen molar-refractivity contribution in [1.82, 2.24) is 0 Å². The minimum absolute atomic E-state index is 0.329. The van der Waals surface area contributed by atoms with Crippen molar-refractivity contribution in [2.75, 3.05) is 7.11 Å². The molecule has 0 amide bonds. The van der Waals surface area contributed by atoms with E-state index in [1.165, 1.54) is 6.26 Å². The highest BCUT2D eigenvalue weighted by atomic mass is 16.5. The highest BCUT2D eigenvalue weighted by Gasteiger charge is 2.05. The molecule has 0 saturated carbocycles. The fourth-order valence-electron chi connectivity index (χ4n) is 1.50. The van der Waals surface area contributed by atoms with Gasteiger partial charge < -0.3 is 9.15 Å². The molecule has 0 fully saturated rings. The van der Waals surface area contributed by atoms with Crippen LogP contribution >= 0.6 is 0 Å². The van der Waals surface area contributed by atoms with Gasteiger partial charge >= 0.3 is 5.63 Å². The Balaban J connectivity index is 2.95. The van der Waals surface area contributed by atoms with Gasteiger partial charge in [0.2, 0.25) is 0 Å². The second-order valence-corrected chi connectivity index (χ2v) is 3.14. The minimum atomic E-state index is -0.329. The van der Waals surface area contributed by atoms with Crippen LogP contribution in [0.25, 0.3) is 10.8 Å². The molecular formula is C11H10O3. The number of rotatable bonds is 1. The van der Waals surface area contributed by atoms with Gasteiger partial charge in [-0.15, -0.1) is 0 Å². The highest BCUT2D eigenvalue weighted by Crippen LogP contribution is 2.24. The van der Waals surface area contributed by atoms with Crippen LogP contribution in [0.1, 0.15) is 5.56 Å². The second kappa shape index (κ2) is 3.18. The first kappa shape index (κ1) is 8.81. The molecule has 0 radical (unpaired) electrons. The van der Waals surface area contributed by atoms with Crippen molar-refractivity contribution in [3.63, 3.8) is 0 Å². The summed E-state index contributed by atoms with van der Waals surface area (Å²) in [5.41, 5.74) is 0.650. The van der Waals surface area contributed by atoms with Gasteiger partial charge in [-0.05, 0) is 30.7 Å². The van der Waals surface area contributed by atoms with Crippen LogP contribution in [0.4, 0.5) is 0 Å². The Bertz CT molecular complexity index is 526. The van der Waals surface area contributed by atoms with Crippen molar-refractivity contribution in [2.24, 2.45) is 0 Å². The van der Waals surface area contributed by atoms with Crippen LogP contribution in [0, 0.1) is 6.92 Å². The number of hydrogen-bond acceptors (Lipinski definition) is 3. The first-order chi connectivity index (χ1) is 6.72. The summed E-state index contributed by atoms with van der Waals surface area (Å²) in [5.74, 6) is 0.702. The number of methoxy groups -OCH3 is 1. The summed E-state index contributed by atoms with van der Waals surface area (Å²) >= 11 is 0. The maximum atomic E-state index is 11.4. The molecule has 72 valence electrons. The fourth-order valence-corrected chi connectivity index (χ4v) is 1.50. The standard InChI is InChI=1S/C11H10O3/c1-7-5-9-8(10(6-7)13-2)3-4-14-11(9)12/h3-6H,1-2H3. The third-order valence-corrected chi connectivity index (χ3v) is 2.14. The van der Waals surface area contributed by atoms with Gasteiger partial charge in [0.15, 0.2) is 0 Å². The predicted molar refractivity (Wildman–Crippen MR) is 53.8 cm³/mol. The smallest absolute Gasteiger partial charge is 0.343 e. The van der Waals surface area contributed by atoms with Gasteiger partial charge in [0.1, 0.15) is 5.75 Å². The maximum Gasteiger partial charge on any atom is 0.343 e. The lowest BCUT2D eigenvalue weighted by molar-refractivity contribution is 0.419. The van der Waals surface area contributed by atoms with Gasteiger partial charge in [-0.1, -0.05) is 0 Å². The molecule has 3 heteroatoms. The van der Waals surface area contributed by atoms with E-state index < -0.39 is 0 Å². The van der Waals surface area contributed by atoms with Crippen LogP contribution in [0.15, 0.2) is 33.7 Å². The largest absolute Gasteiger partial charge is 0.496 e. The monoisotopic (exact) mass is 190 g/mol. The lowest BCUT2D eigenvalue weighted by atomic mass is 10.1. The quantitative estimate of drug-likeness (QED) is 0.691.